The molecule has 3 nitrogen and oxygen atoms in total. The Kier molecular flexibility index (Phi) is 2.78. The van der Waals surface area contributed by atoms with Crippen LogP contribution < -0.4 is 0 Å². The third kappa shape index (κ3) is 1.99. The molecule has 1 heterocycles. The van der Waals surface area contributed by atoms with E-state index in [1.807, 2.05) is 0 Å². The molecule has 2 aromatic rings. The average molecular weight is 224 g/mol. The molecule has 0 aliphatic carbocycles. The van der Waals surface area contributed by atoms with E-state index < -0.39 is 24.6 Å². The molecule has 0 unspecified atom stereocenters. The Bertz CT molecular complexity index is 502. The fourth-order valence-electron chi connectivity index (χ4n) is 1.40. The molecule has 0 aliphatic rings. The van der Waals surface area contributed by atoms with Gasteiger partial charge in [-0.25, -0.2) is 4.98 Å². The Hall–Kier alpha value is -1.62. The summed E-state index contributed by atoms with van der Waals surface area (Å²) >= 11 is 0. The van der Waals surface area contributed by atoms with E-state index in [4.69, 9.17) is 5.11 Å². The lowest BCUT2D eigenvalue weighted by atomic mass is 10.2. The summed E-state index contributed by atoms with van der Waals surface area (Å²) in [5.74, 6) is -3.13. The number of aromatic nitrogens is 2. The Morgan fingerprint density at radius 1 is 1.19 bits per heavy atom. The first kappa shape index (κ1) is 10.9. The summed E-state index contributed by atoms with van der Waals surface area (Å²) in [4.78, 5) is 7.75. The number of fused-ring (bicyclic) bond motifs is 1. The molecule has 0 spiro atoms. The third-order valence-corrected chi connectivity index (χ3v) is 2.25. The number of halogens is 2. The zero-order valence-electron chi connectivity index (χ0n) is 8.40. The summed E-state index contributed by atoms with van der Waals surface area (Å²) in [6.07, 6.45) is 0.415. The first-order valence-electron chi connectivity index (χ1n) is 4.84. The van der Waals surface area contributed by atoms with Gasteiger partial charge in [-0.3, -0.25) is 4.98 Å². The molecule has 1 aromatic heterocycles. The number of benzene rings is 1. The molecular formula is C11H10F2N2O. The molecule has 16 heavy (non-hydrogen) atoms. The van der Waals surface area contributed by atoms with E-state index in [2.05, 4.69) is 9.97 Å². The lowest BCUT2D eigenvalue weighted by molar-refractivity contribution is -0.0310. The molecule has 0 aliphatic heterocycles. The molecule has 0 saturated heterocycles. The second kappa shape index (κ2) is 4.09. The Morgan fingerprint density at radius 2 is 1.88 bits per heavy atom. The maximum absolute atomic E-state index is 13.4. The van der Waals surface area contributed by atoms with Gasteiger partial charge in [0.25, 0.3) is 5.92 Å². The number of hydrogen-bond acceptors (Lipinski definition) is 3. The smallest absolute Gasteiger partial charge is 0.293 e. The number of aliphatic hydroxyl groups is 1. The zero-order chi connectivity index (χ0) is 11.6. The molecule has 0 atom stereocenters. The highest BCUT2D eigenvalue weighted by atomic mass is 19.3. The predicted molar refractivity (Wildman–Crippen MR) is 55.1 cm³/mol. The van der Waals surface area contributed by atoms with Gasteiger partial charge in [-0.05, 0) is 12.1 Å². The minimum atomic E-state index is -3.13. The second-order valence-electron chi connectivity index (χ2n) is 3.42. The summed E-state index contributed by atoms with van der Waals surface area (Å²) in [5.41, 5.74) is 0.601. The van der Waals surface area contributed by atoms with Crippen molar-refractivity contribution >= 4 is 11.0 Å². The monoisotopic (exact) mass is 224 g/mol. The van der Waals surface area contributed by atoms with Gasteiger partial charge in [0, 0.05) is 13.0 Å². The van der Waals surface area contributed by atoms with Crippen LogP contribution in [0.1, 0.15) is 12.1 Å². The molecule has 0 radical (unpaired) electrons. The van der Waals surface area contributed by atoms with Gasteiger partial charge in [-0.1, -0.05) is 12.1 Å². The van der Waals surface area contributed by atoms with E-state index >= 15 is 0 Å². The topological polar surface area (TPSA) is 46.0 Å². The van der Waals surface area contributed by atoms with Gasteiger partial charge in [0.1, 0.15) is 5.69 Å². The first-order chi connectivity index (χ1) is 7.63. The van der Waals surface area contributed by atoms with Gasteiger partial charge in [0.05, 0.1) is 17.2 Å². The van der Waals surface area contributed by atoms with Crippen molar-refractivity contribution < 1.29 is 13.9 Å². The summed E-state index contributed by atoms with van der Waals surface area (Å²) in [6, 6.07) is 6.81. The van der Waals surface area contributed by atoms with Gasteiger partial charge in [0.15, 0.2) is 0 Å². The number of para-hydroxylation sites is 2. The van der Waals surface area contributed by atoms with Crippen molar-refractivity contribution in [2.24, 2.45) is 0 Å². The quantitative estimate of drug-likeness (QED) is 0.868. The molecule has 0 amide bonds. The minimum absolute atomic E-state index is 0.403. The van der Waals surface area contributed by atoms with Crippen molar-refractivity contribution in [3.8, 4) is 0 Å². The summed E-state index contributed by atoms with van der Waals surface area (Å²) < 4.78 is 26.8. The van der Waals surface area contributed by atoms with Crippen molar-refractivity contribution in [1.82, 2.24) is 9.97 Å². The van der Waals surface area contributed by atoms with Crippen molar-refractivity contribution in [2.45, 2.75) is 12.3 Å². The largest absolute Gasteiger partial charge is 0.396 e. The number of rotatable bonds is 3. The maximum Gasteiger partial charge on any atom is 0.293 e. The van der Waals surface area contributed by atoms with Crippen molar-refractivity contribution in [2.75, 3.05) is 6.61 Å². The van der Waals surface area contributed by atoms with Crippen LogP contribution in [0, 0.1) is 0 Å². The standard InChI is InChI=1S/C11H10F2N2O/c12-11(13,5-6-16)10-7-14-8-3-1-2-4-9(8)15-10/h1-4,7,16H,5-6H2. The SMILES string of the molecule is OCCC(F)(F)c1cnc2ccccc2n1. The Morgan fingerprint density at radius 3 is 2.56 bits per heavy atom. The van der Waals surface area contributed by atoms with Crippen LogP contribution in [-0.4, -0.2) is 21.7 Å². The summed E-state index contributed by atoms with van der Waals surface area (Å²) in [7, 11) is 0. The van der Waals surface area contributed by atoms with Gasteiger partial charge in [-0.2, -0.15) is 8.78 Å². The number of aliphatic hydroxyl groups excluding tert-OH is 1. The van der Waals surface area contributed by atoms with Gasteiger partial charge in [0.2, 0.25) is 0 Å². The maximum atomic E-state index is 13.4. The van der Waals surface area contributed by atoms with Crippen LogP contribution in [0.3, 0.4) is 0 Å². The van der Waals surface area contributed by atoms with Crippen molar-refractivity contribution in [1.29, 1.82) is 0 Å². The first-order valence-corrected chi connectivity index (χ1v) is 4.84. The molecule has 5 heteroatoms. The molecule has 1 N–H and O–H groups in total. The van der Waals surface area contributed by atoms with Crippen molar-refractivity contribution in [3.05, 3.63) is 36.2 Å². The van der Waals surface area contributed by atoms with E-state index in [0.29, 0.717) is 11.0 Å². The minimum Gasteiger partial charge on any atom is -0.396 e. The van der Waals surface area contributed by atoms with Crippen LogP contribution in [0.15, 0.2) is 30.5 Å². The van der Waals surface area contributed by atoms with Gasteiger partial charge >= 0.3 is 0 Å². The highest BCUT2D eigenvalue weighted by Crippen LogP contribution is 2.30. The highest BCUT2D eigenvalue weighted by molar-refractivity contribution is 5.73. The molecule has 0 saturated carbocycles. The third-order valence-electron chi connectivity index (χ3n) is 2.25. The van der Waals surface area contributed by atoms with Crippen LogP contribution >= 0.6 is 0 Å². The van der Waals surface area contributed by atoms with Crippen LogP contribution in [0.25, 0.3) is 11.0 Å². The zero-order valence-corrected chi connectivity index (χ0v) is 8.40. The molecule has 0 fully saturated rings. The van der Waals surface area contributed by atoms with Crippen molar-refractivity contribution in [3.63, 3.8) is 0 Å². The lowest BCUT2D eigenvalue weighted by Crippen LogP contribution is -2.17. The molecule has 1 aromatic carbocycles. The van der Waals surface area contributed by atoms with E-state index in [1.54, 1.807) is 24.3 Å². The summed E-state index contributed by atoms with van der Waals surface area (Å²) in [6.45, 7) is -0.582. The van der Waals surface area contributed by atoms with Crippen LogP contribution in [0.4, 0.5) is 8.78 Å². The number of hydrogen-bond donors (Lipinski definition) is 1. The highest BCUT2D eigenvalue weighted by Gasteiger charge is 2.33. The van der Waals surface area contributed by atoms with Crippen LogP contribution in [0.5, 0.6) is 0 Å². The van der Waals surface area contributed by atoms with Gasteiger partial charge < -0.3 is 5.11 Å². The number of nitrogens with zero attached hydrogens (tertiary/aromatic N) is 2. The fraction of sp³-hybridized carbons (Fsp3) is 0.273. The molecular weight excluding hydrogens is 214 g/mol. The van der Waals surface area contributed by atoms with Gasteiger partial charge in [-0.15, -0.1) is 0 Å². The Labute approximate surface area is 90.8 Å². The fourth-order valence-corrected chi connectivity index (χ4v) is 1.40. The summed E-state index contributed by atoms with van der Waals surface area (Å²) in [5, 5.41) is 8.55. The predicted octanol–water partition coefficient (Wildman–Crippen LogP) is 2.10. The lowest BCUT2D eigenvalue weighted by Gasteiger charge is -2.13. The van der Waals surface area contributed by atoms with E-state index in [-0.39, 0.29) is 0 Å². The van der Waals surface area contributed by atoms with Crippen LogP contribution in [0.2, 0.25) is 0 Å². The van der Waals surface area contributed by atoms with E-state index in [9.17, 15) is 8.78 Å². The molecule has 2 rings (SSSR count). The Balaban J connectivity index is 2.46. The van der Waals surface area contributed by atoms with E-state index in [0.717, 1.165) is 6.20 Å². The van der Waals surface area contributed by atoms with Crippen LogP contribution in [-0.2, 0) is 5.92 Å². The normalized spacial score (nSPS) is 11.9. The molecule has 0 bridgehead atoms. The second-order valence-corrected chi connectivity index (χ2v) is 3.42. The van der Waals surface area contributed by atoms with E-state index in [1.165, 1.54) is 0 Å². The molecule has 84 valence electrons. The average Bonchev–Trinajstić information content (AvgIpc) is 2.28. The number of alkyl halides is 2.